The second-order valence-corrected chi connectivity index (χ2v) is 8.77. The van der Waals surface area contributed by atoms with E-state index in [1.165, 1.54) is 11.6 Å². The maximum absolute atomic E-state index is 12.4. The summed E-state index contributed by atoms with van der Waals surface area (Å²) in [5.74, 6) is 1.82. The number of benzene rings is 3. The van der Waals surface area contributed by atoms with E-state index in [0.717, 1.165) is 22.4 Å². The summed E-state index contributed by atoms with van der Waals surface area (Å²) in [6, 6.07) is 18.8. The van der Waals surface area contributed by atoms with Gasteiger partial charge in [-0.2, -0.15) is 0 Å². The van der Waals surface area contributed by atoms with E-state index in [1.54, 1.807) is 26.4 Å². The third kappa shape index (κ3) is 5.90. The summed E-state index contributed by atoms with van der Waals surface area (Å²) < 4.78 is 16.6. The molecule has 1 aromatic heterocycles. The average molecular weight is 502 g/mol. The van der Waals surface area contributed by atoms with Crippen LogP contribution >= 0.6 is 12.2 Å². The second-order valence-electron chi connectivity index (χ2n) is 8.37. The molecule has 3 aromatic carbocycles. The molecule has 4 rings (SSSR count). The van der Waals surface area contributed by atoms with Crippen LogP contribution in [-0.2, 0) is 4.79 Å². The number of nitrogens with zero attached hydrogens (tertiary/aromatic N) is 1. The Labute approximate surface area is 215 Å². The van der Waals surface area contributed by atoms with E-state index in [9.17, 15) is 4.79 Å². The van der Waals surface area contributed by atoms with Gasteiger partial charge in [-0.15, -0.1) is 0 Å². The standard InChI is InChI=1S/C28H27N3O4S/c1-17(2)19-8-13-25-23(15-19)29-27(35-25)20-9-12-24(34-4)22(16-20)30-28(36)31-26(32)14-7-18-5-10-21(33-3)11-6-18/h5-17H,1-4H3,(H2,30,31,32,36)/b14-7+. The molecule has 0 aliphatic carbocycles. The summed E-state index contributed by atoms with van der Waals surface area (Å²) in [6.07, 6.45) is 3.10. The number of oxazole rings is 1. The molecule has 0 aliphatic heterocycles. The summed E-state index contributed by atoms with van der Waals surface area (Å²) in [5.41, 5.74) is 4.89. The third-order valence-electron chi connectivity index (χ3n) is 5.55. The molecule has 8 heteroatoms. The molecule has 0 fully saturated rings. The number of methoxy groups -OCH3 is 2. The first-order chi connectivity index (χ1) is 17.4. The van der Waals surface area contributed by atoms with Crippen LogP contribution in [0.15, 0.2) is 71.2 Å². The van der Waals surface area contributed by atoms with Crippen molar-refractivity contribution in [3.05, 3.63) is 77.9 Å². The molecule has 0 saturated carbocycles. The molecule has 7 nitrogen and oxygen atoms in total. The Kier molecular flexibility index (Phi) is 7.65. The molecule has 184 valence electrons. The number of hydrogen-bond acceptors (Lipinski definition) is 6. The normalized spacial score (nSPS) is 11.1. The van der Waals surface area contributed by atoms with Gasteiger partial charge < -0.3 is 19.2 Å². The van der Waals surface area contributed by atoms with Crippen molar-refractivity contribution in [3.63, 3.8) is 0 Å². The van der Waals surface area contributed by atoms with Crippen LogP contribution in [0, 0.1) is 0 Å². The Bertz CT molecular complexity index is 1420. The first-order valence-corrected chi connectivity index (χ1v) is 11.8. The quantitative estimate of drug-likeness (QED) is 0.232. The number of thiocarbonyl (C=S) groups is 1. The summed E-state index contributed by atoms with van der Waals surface area (Å²) in [7, 11) is 3.17. The number of hydrogen-bond donors (Lipinski definition) is 2. The highest BCUT2D eigenvalue weighted by atomic mass is 32.1. The maximum atomic E-state index is 12.4. The predicted molar refractivity (Wildman–Crippen MR) is 146 cm³/mol. The van der Waals surface area contributed by atoms with Gasteiger partial charge in [-0.1, -0.05) is 32.0 Å². The molecule has 0 spiro atoms. The zero-order valence-electron chi connectivity index (χ0n) is 20.5. The van der Waals surface area contributed by atoms with E-state index in [0.29, 0.717) is 28.8 Å². The number of carbonyl (C=O) groups excluding carboxylic acids is 1. The molecule has 2 N–H and O–H groups in total. The Morgan fingerprint density at radius 2 is 1.81 bits per heavy atom. The van der Waals surface area contributed by atoms with Crippen LogP contribution in [0.1, 0.15) is 30.9 Å². The van der Waals surface area contributed by atoms with Gasteiger partial charge in [0.15, 0.2) is 10.7 Å². The molecule has 1 heterocycles. The molecule has 0 bridgehead atoms. The largest absolute Gasteiger partial charge is 0.497 e. The van der Waals surface area contributed by atoms with Crippen LogP contribution in [0.5, 0.6) is 11.5 Å². The van der Waals surface area contributed by atoms with Crippen LogP contribution in [-0.4, -0.2) is 30.2 Å². The van der Waals surface area contributed by atoms with Crippen molar-refractivity contribution in [2.75, 3.05) is 19.5 Å². The highest BCUT2D eigenvalue weighted by Gasteiger charge is 2.14. The minimum Gasteiger partial charge on any atom is -0.497 e. The molecule has 1 amide bonds. The number of carbonyl (C=O) groups is 1. The highest BCUT2D eigenvalue weighted by molar-refractivity contribution is 7.80. The van der Waals surface area contributed by atoms with Gasteiger partial charge in [-0.25, -0.2) is 4.98 Å². The fourth-order valence-electron chi connectivity index (χ4n) is 3.56. The third-order valence-corrected chi connectivity index (χ3v) is 5.76. The molecular formula is C28H27N3O4S. The molecule has 36 heavy (non-hydrogen) atoms. The van der Waals surface area contributed by atoms with Crippen molar-refractivity contribution in [1.29, 1.82) is 0 Å². The van der Waals surface area contributed by atoms with Crippen LogP contribution in [0.2, 0.25) is 0 Å². The topological polar surface area (TPSA) is 85.6 Å². The number of rotatable bonds is 7. The van der Waals surface area contributed by atoms with E-state index in [2.05, 4.69) is 29.5 Å². The van der Waals surface area contributed by atoms with Gasteiger partial charge in [0.2, 0.25) is 11.8 Å². The van der Waals surface area contributed by atoms with E-state index in [-0.39, 0.29) is 11.0 Å². The predicted octanol–water partition coefficient (Wildman–Crippen LogP) is 6.16. The first kappa shape index (κ1) is 24.9. The van der Waals surface area contributed by atoms with Crippen LogP contribution in [0.3, 0.4) is 0 Å². The first-order valence-electron chi connectivity index (χ1n) is 11.4. The number of nitrogens with one attached hydrogen (secondary N) is 2. The van der Waals surface area contributed by atoms with Crippen LogP contribution in [0.25, 0.3) is 28.6 Å². The minimum atomic E-state index is -0.363. The zero-order valence-corrected chi connectivity index (χ0v) is 21.3. The lowest BCUT2D eigenvalue weighted by molar-refractivity contribution is -0.115. The highest BCUT2D eigenvalue weighted by Crippen LogP contribution is 2.32. The summed E-state index contributed by atoms with van der Waals surface area (Å²) >= 11 is 5.35. The summed E-state index contributed by atoms with van der Waals surface area (Å²) in [5, 5.41) is 5.81. The van der Waals surface area contributed by atoms with Crippen molar-refractivity contribution in [1.82, 2.24) is 10.3 Å². The smallest absolute Gasteiger partial charge is 0.250 e. The molecule has 0 saturated heterocycles. The molecule has 0 radical (unpaired) electrons. The Hall–Kier alpha value is -4.17. The fraction of sp³-hybridized carbons (Fsp3) is 0.179. The average Bonchev–Trinajstić information content (AvgIpc) is 3.31. The lowest BCUT2D eigenvalue weighted by Gasteiger charge is -2.13. The second kappa shape index (κ2) is 11.0. The minimum absolute atomic E-state index is 0.133. The van der Waals surface area contributed by atoms with E-state index >= 15 is 0 Å². The maximum Gasteiger partial charge on any atom is 0.250 e. The molecular weight excluding hydrogens is 474 g/mol. The monoisotopic (exact) mass is 501 g/mol. The van der Waals surface area contributed by atoms with Gasteiger partial charge >= 0.3 is 0 Å². The van der Waals surface area contributed by atoms with Crippen molar-refractivity contribution in [3.8, 4) is 23.0 Å². The van der Waals surface area contributed by atoms with Gasteiger partial charge in [-0.05, 0) is 77.8 Å². The van der Waals surface area contributed by atoms with E-state index in [1.807, 2.05) is 54.6 Å². The number of ether oxygens (including phenoxy) is 2. The Morgan fingerprint density at radius 3 is 2.50 bits per heavy atom. The number of fused-ring (bicyclic) bond motifs is 1. The van der Waals surface area contributed by atoms with Crippen LogP contribution < -0.4 is 20.1 Å². The van der Waals surface area contributed by atoms with Gasteiger partial charge in [0.05, 0.1) is 19.9 Å². The van der Waals surface area contributed by atoms with E-state index in [4.69, 9.17) is 26.1 Å². The summed E-state index contributed by atoms with van der Waals surface area (Å²) in [6.45, 7) is 4.28. The zero-order chi connectivity index (χ0) is 25.7. The number of anilines is 1. The fourth-order valence-corrected chi connectivity index (χ4v) is 3.77. The van der Waals surface area contributed by atoms with Crippen molar-refractivity contribution in [2.45, 2.75) is 19.8 Å². The van der Waals surface area contributed by atoms with Gasteiger partial charge in [0.25, 0.3) is 0 Å². The van der Waals surface area contributed by atoms with Gasteiger partial charge in [0.1, 0.15) is 17.0 Å². The van der Waals surface area contributed by atoms with Gasteiger partial charge in [-0.3, -0.25) is 10.1 Å². The Balaban J connectivity index is 1.47. The summed E-state index contributed by atoms with van der Waals surface area (Å²) in [4.78, 5) is 17.0. The van der Waals surface area contributed by atoms with Crippen molar-refractivity contribution < 1.29 is 18.7 Å². The Morgan fingerprint density at radius 1 is 1.03 bits per heavy atom. The van der Waals surface area contributed by atoms with Crippen molar-refractivity contribution >= 4 is 46.1 Å². The lowest BCUT2D eigenvalue weighted by Crippen LogP contribution is -2.32. The SMILES string of the molecule is COc1ccc(/C=C/C(=O)NC(=S)Nc2cc(-c3nc4cc(C(C)C)ccc4o3)ccc2OC)cc1. The lowest BCUT2D eigenvalue weighted by atomic mass is 10.0. The molecule has 0 atom stereocenters. The molecule has 0 unspecified atom stereocenters. The number of amides is 1. The molecule has 0 aliphatic rings. The van der Waals surface area contributed by atoms with Gasteiger partial charge in [0, 0.05) is 11.6 Å². The number of aromatic nitrogens is 1. The molecule has 4 aromatic rings. The van der Waals surface area contributed by atoms with Crippen molar-refractivity contribution in [2.24, 2.45) is 0 Å². The van der Waals surface area contributed by atoms with Crippen LogP contribution in [0.4, 0.5) is 5.69 Å². The van der Waals surface area contributed by atoms with E-state index < -0.39 is 0 Å².